The van der Waals surface area contributed by atoms with E-state index >= 15 is 0 Å². The minimum Gasteiger partial charge on any atom is -0.494 e. The molecule has 0 spiro atoms. The summed E-state index contributed by atoms with van der Waals surface area (Å²) in [6.45, 7) is 11.3. The number of nitrogens with one attached hydrogen (secondary N) is 1. The van der Waals surface area contributed by atoms with Gasteiger partial charge in [0.2, 0.25) is 11.8 Å². The van der Waals surface area contributed by atoms with E-state index in [2.05, 4.69) is 36.5 Å². The molecule has 10 heteroatoms. The molecule has 2 heterocycles. The van der Waals surface area contributed by atoms with Crippen LogP contribution in [0.15, 0.2) is 67.5 Å². The monoisotopic (exact) mass is 534 g/mol. The van der Waals surface area contributed by atoms with Gasteiger partial charge in [0.05, 0.1) is 13.3 Å². The van der Waals surface area contributed by atoms with Crippen LogP contribution in [0.25, 0.3) is 22.3 Å². The number of rotatable bonds is 11. The second-order valence-electron chi connectivity index (χ2n) is 9.91. The molecule has 1 N–H and O–H groups in total. The van der Waals surface area contributed by atoms with E-state index < -0.39 is 13.9 Å². The van der Waals surface area contributed by atoms with Gasteiger partial charge in [0, 0.05) is 38.2 Å². The molecule has 2 aromatic carbocycles. The number of carbonyl (C=O) groups excluding carboxylic acids is 1. The number of hydrogen-bond acceptors (Lipinski definition) is 6. The summed E-state index contributed by atoms with van der Waals surface area (Å²) in [4.78, 5) is 20.9. The molecule has 2 aromatic heterocycles. The van der Waals surface area contributed by atoms with Crippen molar-refractivity contribution < 1.29 is 23.4 Å². The van der Waals surface area contributed by atoms with Gasteiger partial charge in [-0.1, -0.05) is 38.4 Å². The Morgan fingerprint density at radius 3 is 2.74 bits per heavy atom. The topological polar surface area (TPSA) is 87.5 Å². The maximum absolute atomic E-state index is 14.6. The average Bonchev–Trinajstić information content (AvgIpc) is 3.24. The van der Waals surface area contributed by atoms with Crippen molar-refractivity contribution in [1.82, 2.24) is 14.5 Å². The van der Waals surface area contributed by atoms with E-state index in [9.17, 15) is 9.18 Å². The van der Waals surface area contributed by atoms with Crippen LogP contribution < -0.4 is 14.8 Å². The van der Waals surface area contributed by atoms with E-state index in [1.807, 2.05) is 10.8 Å². The van der Waals surface area contributed by atoms with Gasteiger partial charge < -0.3 is 24.1 Å². The highest BCUT2D eigenvalue weighted by molar-refractivity contribution is 6.76. The van der Waals surface area contributed by atoms with Gasteiger partial charge in [-0.05, 0) is 41.9 Å². The van der Waals surface area contributed by atoms with Crippen LogP contribution in [-0.4, -0.2) is 42.2 Å². The van der Waals surface area contributed by atoms with Crippen LogP contribution in [0.5, 0.6) is 17.4 Å². The standard InChI is InChI=1S/C28H31FN4O4Si/c1-6-25(34)31-20-8-7-9-21(15-20)37-26-16-30-28-27(32-26)22(19-10-11-24(35-2)23(29)14-19)17-33(28)18-36-12-13-38(3,4)5/h6-11,14-17H,1,12-13,18H2,2-5H3,(H,31,34). The van der Waals surface area contributed by atoms with E-state index in [-0.39, 0.29) is 17.5 Å². The molecule has 0 fully saturated rings. The zero-order valence-electron chi connectivity index (χ0n) is 22.0. The second-order valence-corrected chi connectivity index (χ2v) is 15.5. The molecule has 0 saturated carbocycles. The van der Waals surface area contributed by atoms with E-state index in [0.29, 0.717) is 47.1 Å². The van der Waals surface area contributed by atoms with E-state index in [4.69, 9.17) is 19.2 Å². The zero-order valence-corrected chi connectivity index (χ0v) is 23.0. The Bertz CT molecular complexity index is 1470. The van der Waals surface area contributed by atoms with Crippen molar-refractivity contribution >= 4 is 30.8 Å². The minimum atomic E-state index is -1.23. The molecule has 0 bridgehead atoms. The van der Waals surface area contributed by atoms with Crippen molar-refractivity contribution in [1.29, 1.82) is 0 Å². The van der Waals surface area contributed by atoms with Crippen LogP contribution >= 0.6 is 0 Å². The van der Waals surface area contributed by atoms with Crippen LogP contribution in [0.2, 0.25) is 25.7 Å². The number of aromatic nitrogens is 3. The molecule has 0 radical (unpaired) electrons. The van der Waals surface area contributed by atoms with Crippen LogP contribution in [-0.2, 0) is 16.3 Å². The van der Waals surface area contributed by atoms with Crippen LogP contribution in [0.1, 0.15) is 0 Å². The van der Waals surface area contributed by atoms with Crippen LogP contribution in [0.4, 0.5) is 10.1 Å². The predicted octanol–water partition coefficient (Wildman–Crippen LogP) is 6.48. The first-order valence-electron chi connectivity index (χ1n) is 12.2. The molecule has 0 saturated heterocycles. The van der Waals surface area contributed by atoms with Crippen molar-refractivity contribution in [3.8, 4) is 28.5 Å². The molecule has 0 aliphatic heterocycles. The summed E-state index contributed by atoms with van der Waals surface area (Å²) < 4.78 is 33.4. The number of benzene rings is 2. The Kier molecular flexibility index (Phi) is 8.23. The lowest BCUT2D eigenvalue weighted by Gasteiger charge is -2.15. The number of amides is 1. The van der Waals surface area contributed by atoms with Crippen LogP contribution in [0, 0.1) is 5.82 Å². The van der Waals surface area contributed by atoms with Crippen molar-refractivity contribution in [2.24, 2.45) is 0 Å². The lowest BCUT2D eigenvalue weighted by atomic mass is 10.1. The first kappa shape index (κ1) is 27.0. The smallest absolute Gasteiger partial charge is 0.247 e. The van der Waals surface area contributed by atoms with Gasteiger partial charge in [0.1, 0.15) is 18.0 Å². The van der Waals surface area contributed by atoms with Gasteiger partial charge >= 0.3 is 0 Å². The second kappa shape index (κ2) is 11.6. The molecule has 0 aliphatic rings. The molecule has 4 rings (SSSR count). The third-order valence-electron chi connectivity index (χ3n) is 5.74. The highest BCUT2D eigenvalue weighted by Gasteiger charge is 2.18. The van der Waals surface area contributed by atoms with Crippen molar-refractivity contribution in [3.05, 3.63) is 73.3 Å². The fraction of sp³-hybridized carbons (Fsp3) is 0.250. The van der Waals surface area contributed by atoms with Gasteiger partial charge in [0.15, 0.2) is 17.2 Å². The van der Waals surface area contributed by atoms with Gasteiger partial charge in [-0.25, -0.2) is 14.4 Å². The maximum atomic E-state index is 14.6. The molecule has 0 atom stereocenters. The van der Waals surface area contributed by atoms with Gasteiger partial charge in [-0.2, -0.15) is 0 Å². The third kappa shape index (κ3) is 6.64. The average molecular weight is 535 g/mol. The third-order valence-corrected chi connectivity index (χ3v) is 7.45. The predicted molar refractivity (Wildman–Crippen MR) is 149 cm³/mol. The quantitative estimate of drug-likeness (QED) is 0.135. The number of halogens is 1. The fourth-order valence-corrected chi connectivity index (χ4v) is 4.48. The normalized spacial score (nSPS) is 11.4. The van der Waals surface area contributed by atoms with Gasteiger partial charge in [-0.3, -0.25) is 4.79 Å². The summed E-state index contributed by atoms with van der Waals surface area (Å²) in [6.07, 6.45) is 4.57. The maximum Gasteiger partial charge on any atom is 0.247 e. The number of anilines is 1. The Labute approximate surface area is 222 Å². The van der Waals surface area contributed by atoms with Crippen molar-refractivity contribution in [3.63, 3.8) is 0 Å². The molecular weight excluding hydrogens is 503 g/mol. The lowest BCUT2D eigenvalue weighted by molar-refractivity contribution is -0.111. The summed E-state index contributed by atoms with van der Waals surface area (Å²) in [5.74, 6) is 0.0684. The highest BCUT2D eigenvalue weighted by Crippen LogP contribution is 2.33. The Morgan fingerprint density at radius 2 is 2.03 bits per heavy atom. The summed E-state index contributed by atoms with van der Waals surface area (Å²) in [5.41, 5.74) is 2.98. The largest absolute Gasteiger partial charge is 0.494 e. The number of methoxy groups -OCH3 is 1. The summed E-state index contributed by atoms with van der Waals surface area (Å²) >= 11 is 0. The molecular formula is C28H31FN4O4Si. The molecule has 4 aromatic rings. The lowest BCUT2D eigenvalue weighted by Crippen LogP contribution is -2.22. The molecule has 0 aliphatic carbocycles. The summed E-state index contributed by atoms with van der Waals surface area (Å²) in [7, 11) is 0.193. The summed E-state index contributed by atoms with van der Waals surface area (Å²) in [5, 5.41) is 2.70. The van der Waals surface area contributed by atoms with Crippen LogP contribution in [0.3, 0.4) is 0 Å². The Hall–Kier alpha value is -4.02. The first-order chi connectivity index (χ1) is 18.2. The highest BCUT2D eigenvalue weighted by atomic mass is 28.3. The SMILES string of the molecule is C=CC(=O)Nc1cccc(Oc2cnc3c(n2)c(-c2ccc(OC)c(F)c2)cn3COCC[Si](C)(C)C)c1. The Morgan fingerprint density at radius 1 is 1.21 bits per heavy atom. The molecule has 8 nitrogen and oxygen atoms in total. The number of hydrogen-bond donors (Lipinski definition) is 1. The molecule has 1 amide bonds. The van der Waals surface area contributed by atoms with E-state index in [1.165, 1.54) is 25.4 Å². The molecule has 198 valence electrons. The zero-order chi connectivity index (χ0) is 27.3. The number of ether oxygens (including phenoxy) is 3. The summed E-state index contributed by atoms with van der Waals surface area (Å²) in [6, 6.07) is 12.7. The minimum absolute atomic E-state index is 0.158. The van der Waals surface area contributed by atoms with Crippen molar-refractivity contribution in [2.75, 3.05) is 19.0 Å². The first-order valence-corrected chi connectivity index (χ1v) is 15.9. The van der Waals surface area contributed by atoms with E-state index in [0.717, 1.165) is 6.04 Å². The van der Waals surface area contributed by atoms with E-state index in [1.54, 1.807) is 36.4 Å². The Balaban J connectivity index is 1.67. The fourth-order valence-electron chi connectivity index (χ4n) is 3.72. The molecule has 38 heavy (non-hydrogen) atoms. The van der Waals surface area contributed by atoms with Crippen molar-refractivity contribution in [2.45, 2.75) is 32.4 Å². The molecule has 0 unspecified atom stereocenters. The number of nitrogens with zero attached hydrogens (tertiary/aromatic N) is 3. The number of fused-ring (bicyclic) bond motifs is 1. The van der Waals surface area contributed by atoms with Gasteiger partial charge in [0.25, 0.3) is 0 Å². The van der Waals surface area contributed by atoms with Gasteiger partial charge in [-0.15, -0.1) is 0 Å². The number of carbonyl (C=O) groups is 1.